The summed E-state index contributed by atoms with van der Waals surface area (Å²) in [6.07, 6.45) is 4.50. The van der Waals surface area contributed by atoms with Gasteiger partial charge in [-0.15, -0.1) is 0 Å². The van der Waals surface area contributed by atoms with Crippen LogP contribution >= 0.6 is 0 Å². The van der Waals surface area contributed by atoms with Crippen molar-refractivity contribution in [3.8, 4) is 0 Å². The number of likely N-dealkylation sites (tertiary alicyclic amines) is 1. The molecular formula is C11H18N4O2. The van der Waals surface area contributed by atoms with Crippen LogP contribution in [0, 0.1) is 0 Å². The van der Waals surface area contributed by atoms with Gasteiger partial charge in [-0.3, -0.25) is 9.48 Å². The average molecular weight is 238 g/mol. The van der Waals surface area contributed by atoms with Crippen LogP contribution in [-0.2, 0) is 11.8 Å². The first-order valence-corrected chi connectivity index (χ1v) is 5.79. The number of nitrogens with two attached hydrogens (primary N) is 1. The van der Waals surface area contributed by atoms with Crippen molar-refractivity contribution in [2.24, 2.45) is 12.8 Å². The third-order valence-corrected chi connectivity index (χ3v) is 3.06. The Morgan fingerprint density at radius 2 is 2.47 bits per heavy atom. The standard InChI is InChI=1S/C11H18N4O2/c1-14-6-8(5-13-14)10(12)11(17)15-4-2-3-9(16)7-15/h5-6,9-10,16H,2-4,7,12H2,1H3/t9-,10?/m0/s1. The molecule has 0 bridgehead atoms. The van der Waals surface area contributed by atoms with Gasteiger partial charge in [0.05, 0.1) is 12.3 Å². The number of amides is 1. The van der Waals surface area contributed by atoms with Crippen LogP contribution in [0.25, 0.3) is 0 Å². The minimum atomic E-state index is -0.686. The number of rotatable bonds is 2. The summed E-state index contributed by atoms with van der Waals surface area (Å²) in [7, 11) is 1.78. The van der Waals surface area contributed by atoms with Crippen LogP contribution < -0.4 is 5.73 Å². The van der Waals surface area contributed by atoms with E-state index in [0.717, 1.165) is 12.8 Å². The number of carbonyl (C=O) groups excluding carboxylic acids is 1. The molecule has 2 heterocycles. The van der Waals surface area contributed by atoms with Crippen molar-refractivity contribution in [2.75, 3.05) is 13.1 Å². The lowest BCUT2D eigenvalue weighted by atomic mass is 10.1. The van der Waals surface area contributed by atoms with E-state index in [-0.39, 0.29) is 5.91 Å². The van der Waals surface area contributed by atoms with E-state index in [1.54, 1.807) is 29.0 Å². The molecule has 0 saturated carbocycles. The van der Waals surface area contributed by atoms with E-state index in [4.69, 9.17) is 5.73 Å². The summed E-state index contributed by atoms with van der Waals surface area (Å²) >= 11 is 0. The lowest BCUT2D eigenvalue weighted by Gasteiger charge is -2.31. The number of carbonyl (C=O) groups is 1. The van der Waals surface area contributed by atoms with Gasteiger partial charge < -0.3 is 15.7 Å². The second-order valence-corrected chi connectivity index (χ2v) is 4.51. The molecule has 2 atom stereocenters. The Kier molecular flexibility index (Phi) is 3.44. The molecule has 0 radical (unpaired) electrons. The second-order valence-electron chi connectivity index (χ2n) is 4.51. The van der Waals surface area contributed by atoms with Crippen LogP contribution in [0.2, 0.25) is 0 Å². The molecule has 1 unspecified atom stereocenters. The number of nitrogens with zero attached hydrogens (tertiary/aromatic N) is 3. The van der Waals surface area contributed by atoms with Crippen molar-refractivity contribution in [2.45, 2.75) is 25.0 Å². The number of hydrogen-bond donors (Lipinski definition) is 2. The van der Waals surface area contributed by atoms with Gasteiger partial charge in [-0.2, -0.15) is 5.10 Å². The highest BCUT2D eigenvalue weighted by molar-refractivity contribution is 5.83. The first-order valence-electron chi connectivity index (χ1n) is 5.79. The van der Waals surface area contributed by atoms with E-state index in [0.29, 0.717) is 18.7 Å². The fourth-order valence-corrected chi connectivity index (χ4v) is 2.09. The molecule has 1 fully saturated rings. The van der Waals surface area contributed by atoms with Crippen molar-refractivity contribution in [1.29, 1.82) is 0 Å². The largest absolute Gasteiger partial charge is 0.391 e. The van der Waals surface area contributed by atoms with Crippen molar-refractivity contribution >= 4 is 5.91 Å². The van der Waals surface area contributed by atoms with E-state index in [1.807, 2.05) is 0 Å². The van der Waals surface area contributed by atoms with Crippen LogP contribution in [-0.4, -0.2) is 44.9 Å². The zero-order valence-electron chi connectivity index (χ0n) is 9.91. The predicted octanol–water partition coefficient (Wildman–Crippen LogP) is -0.597. The molecule has 94 valence electrons. The number of aromatic nitrogens is 2. The third-order valence-electron chi connectivity index (χ3n) is 3.06. The Morgan fingerprint density at radius 1 is 1.71 bits per heavy atom. The quantitative estimate of drug-likeness (QED) is 0.721. The van der Waals surface area contributed by atoms with Gasteiger partial charge >= 0.3 is 0 Å². The van der Waals surface area contributed by atoms with Crippen LogP contribution in [0.5, 0.6) is 0 Å². The molecule has 1 amide bonds. The van der Waals surface area contributed by atoms with Crippen LogP contribution in [0.4, 0.5) is 0 Å². The molecule has 1 saturated heterocycles. The zero-order chi connectivity index (χ0) is 12.4. The first-order chi connectivity index (χ1) is 8.08. The Bertz CT molecular complexity index is 404. The smallest absolute Gasteiger partial charge is 0.244 e. The fraction of sp³-hybridized carbons (Fsp3) is 0.636. The number of β-amino-alcohol motifs (C(OH)–C–C–N with tert-alkyl or cyclic N) is 1. The molecule has 3 N–H and O–H groups in total. The molecule has 1 aromatic heterocycles. The highest BCUT2D eigenvalue weighted by atomic mass is 16.3. The number of aliphatic hydroxyl groups is 1. The summed E-state index contributed by atoms with van der Waals surface area (Å²) in [6, 6.07) is -0.686. The van der Waals surface area contributed by atoms with Gasteiger partial charge in [0.1, 0.15) is 6.04 Å². The van der Waals surface area contributed by atoms with Gasteiger partial charge in [-0.25, -0.2) is 0 Å². The summed E-state index contributed by atoms with van der Waals surface area (Å²) in [5.41, 5.74) is 6.61. The minimum Gasteiger partial charge on any atom is -0.391 e. The maximum absolute atomic E-state index is 12.1. The van der Waals surface area contributed by atoms with E-state index >= 15 is 0 Å². The van der Waals surface area contributed by atoms with Gasteiger partial charge in [-0.05, 0) is 12.8 Å². The zero-order valence-corrected chi connectivity index (χ0v) is 9.91. The molecule has 2 rings (SSSR count). The number of aryl methyl sites for hydroxylation is 1. The van der Waals surface area contributed by atoms with E-state index in [2.05, 4.69) is 5.10 Å². The van der Waals surface area contributed by atoms with Crippen molar-refractivity contribution in [3.63, 3.8) is 0 Å². The van der Waals surface area contributed by atoms with Crippen LogP contribution in [0.3, 0.4) is 0 Å². The highest BCUT2D eigenvalue weighted by Crippen LogP contribution is 2.16. The normalized spacial score (nSPS) is 22.5. The average Bonchev–Trinajstić information content (AvgIpc) is 2.74. The maximum atomic E-state index is 12.1. The Labute approximate surface area is 100 Å². The van der Waals surface area contributed by atoms with Gasteiger partial charge in [-0.1, -0.05) is 0 Å². The Hall–Kier alpha value is -1.40. The second kappa shape index (κ2) is 4.85. The molecule has 6 heteroatoms. The predicted molar refractivity (Wildman–Crippen MR) is 62.0 cm³/mol. The monoisotopic (exact) mass is 238 g/mol. The third kappa shape index (κ3) is 2.65. The van der Waals surface area contributed by atoms with Gasteiger partial charge in [0.25, 0.3) is 0 Å². The van der Waals surface area contributed by atoms with Gasteiger partial charge in [0.2, 0.25) is 5.91 Å². The van der Waals surface area contributed by atoms with Crippen molar-refractivity contribution < 1.29 is 9.90 Å². The molecular weight excluding hydrogens is 220 g/mol. The maximum Gasteiger partial charge on any atom is 0.244 e. The lowest BCUT2D eigenvalue weighted by molar-refractivity contribution is -0.135. The summed E-state index contributed by atoms with van der Waals surface area (Å²) < 4.78 is 1.62. The number of hydrogen-bond acceptors (Lipinski definition) is 4. The lowest BCUT2D eigenvalue weighted by Crippen LogP contribution is -2.46. The summed E-state index contributed by atoms with van der Waals surface area (Å²) in [6.45, 7) is 1.05. The van der Waals surface area contributed by atoms with Crippen molar-refractivity contribution in [1.82, 2.24) is 14.7 Å². The number of aliphatic hydroxyl groups excluding tert-OH is 1. The molecule has 6 nitrogen and oxygen atoms in total. The molecule has 1 aromatic rings. The topological polar surface area (TPSA) is 84.4 Å². The van der Waals surface area contributed by atoms with Crippen LogP contribution in [0.1, 0.15) is 24.4 Å². The first kappa shape index (κ1) is 12.1. The van der Waals surface area contributed by atoms with Crippen LogP contribution in [0.15, 0.2) is 12.4 Å². The van der Waals surface area contributed by atoms with Gasteiger partial charge in [0.15, 0.2) is 0 Å². The summed E-state index contributed by atoms with van der Waals surface area (Å²) in [5.74, 6) is -0.142. The van der Waals surface area contributed by atoms with E-state index in [9.17, 15) is 9.90 Å². The fourth-order valence-electron chi connectivity index (χ4n) is 2.09. The minimum absolute atomic E-state index is 0.142. The van der Waals surface area contributed by atoms with E-state index < -0.39 is 12.1 Å². The Balaban J connectivity index is 2.04. The molecule has 1 aliphatic heterocycles. The summed E-state index contributed by atoms with van der Waals surface area (Å²) in [4.78, 5) is 13.7. The molecule has 0 aromatic carbocycles. The summed E-state index contributed by atoms with van der Waals surface area (Å²) in [5, 5.41) is 13.5. The molecule has 1 aliphatic rings. The Morgan fingerprint density at radius 3 is 3.06 bits per heavy atom. The van der Waals surface area contributed by atoms with E-state index in [1.165, 1.54) is 0 Å². The van der Waals surface area contributed by atoms with Gasteiger partial charge in [0, 0.05) is 31.9 Å². The highest BCUT2D eigenvalue weighted by Gasteiger charge is 2.27. The molecule has 0 spiro atoms. The molecule has 0 aliphatic carbocycles. The van der Waals surface area contributed by atoms with Crippen molar-refractivity contribution in [3.05, 3.63) is 18.0 Å². The molecule has 17 heavy (non-hydrogen) atoms. The SMILES string of the molecule is Cn1cc(C(N)C(=O)N2CCC[C@H](O)C2)cn1. The number of piperidine rings is 1.